The number of allylic oxidation sites excluding steroid dienone is 1. The van der Waals surface area contributed by atoms with Crippen molar-refractivity contribution in [1.82, 2.24) is 5.32 Å². The van der Waals surface area contributed by atoms with Crippen molar-refractivity contribution in [3.05, 3.63) is 47.5 Å². The average molecular weight is 234 g/mol. The van der Waals surface area contributed by atoms with Crippen LogP contribution in [0.1, 0.15) is 24.2 Å². The van der Waals surface area contributed by atoms with Gasteiger partial charge >= 0.3 is 5.95 Å². The summed E-state index contributed by atoms with van der Waals surface area (Å²) in [5.74, 6) is -0.918. The van der Waals surface area contributed by atoms with Gasteiger partial charge in [0, 0.05) is 11.5 Å². The Kier molecular flexibility index (Phi) is 4.57. The molecule has 0 aliphatic carbocycles. The highest BCUT2D eigenvalue weighted by atomic mass is 16.6. The van der Waals surface area contributed by atoms with E-state index in [0.717, 1.165) is 0 Å². The first-order valence-corrected chi connectivity index (χ1v) is 5.37. The molecule has 1 rings (SSSR count). The maximum Gasteiger partial charge on any atom is 0.350 e. The fraction of sp³-hybridized carbons (Fsp3) is 0.308. The van der Waals surface area contributed by atoms with E-state index in [1.54, 1.807) is 24.3 Å². The van der Waals surface area contributed by atoms with Crippen molar-refractivity contribution in [1.29, 1.82) is 0 Å². The molecule has 1 aromatic rings. The minimum absolute atomic E-state index is 0.102. The van der Waals surface area contributed by atoms with E-state index >= 15 is 0 Å². The molecule has 4 nitrogen and oxygen atoms in total. The first kappa shape index (κ1) is 13.1. The van der Waals surface area contributed by atoms with Gasteiger partial charge in [-0.05, 0) is 12.1 Å². The van der Waals surface area contributed by atoms with Crippen molar-refractivity contribution in [3.63, 3.8) is 0 Å². The Morgan fingerprint density at radius 2 is 1.82 bits per heavy atom. The number of ether oxygens (including phenoxy) is 1. The third kappa shape index (κ3) is 3.52. The van der Waals surface area contributed by atoms with Gasteiger partial charge in [0.05, 0.1) is 7.11 Å². The first-order valence-electron chi connectivity index (χ1n) is 5.37. The second-order valence-corrected chi connectivity index (χ2v) is 3.88. The van der Waals surface area contributed by atoms with Crippen LogP contribution >= 0.6 is 0 Å². The third-order valence-electron chi connectivity index (χ3n) is 2.27. The summed E-state index contributed by atoms with van der Waals surface area (Å²) in [6.07, 6.45) is 0. The van der Waals surface area contributed by atoms with Crippen molar-refractivity contribution in [2.45, 2.75) is 13.8 Å². The summed E-state index contributed by atoms with van der Waals surface area (Å²) in [5, 5.41) is 14.0. The molecule has 0 unspecified atom stereocenters. The third-order valence-corrected chi connectivity index (χ3v) is 2.27. The van der Waals surface area contributed by atoms with Gasteiger partial charge in [-0.2, -0.15) is 0 Å². The summed E-state index contributed by atoms with van der Waals surface area (Å²) in [4.78, 5) is 11.8. The number of hydrogen-bond acceptors (Lipinski definition) is 2. The molecule has 17 heavy (non-hydrogen) atoms. The monoisotopic (exact) mass is 234 g/mol. The standard InChI is InChI=1S/C13H16NO3/c1-9(2)11(13(16)17-3)14-12(15)10-7-5-4-6-8-10/h4-9H,1-3H3,(H,14,15). The van der Waals surface area contributed by atoms with Crippen LogP contribution in [-0.4, -0.2) is 13.0 Å². The van der Waals surface area contributed by atoms with Crippen LogP contribution in [0.3, 0.4) is 0 Å². The number of hydrogen-bond donors (Lipinski definition) is 1. The second kappa shape index (κ2) is 5.94. The van der Waals surface area contributed by atoms with Gasteiger partial charge in [-0.15, -0.1) is 0 Å². The SMILES string of the molecule is COC([O])=C(NC(=O)c1ccccc1)C(C)C. The summed E-state index contributed by atoms with van der Waals surface area (Å²) in [6.45, 7) is 3.63. The topological polar surface area (TPSA) is 58.2 Å². The van der Waals surface area contributed by atoms with Crippen molar-refractivity contribution in [2.24, 2.45) is 5.92 Å². The van der Waals surface area contributed by atoms with E-state index in [2.05, 4.69) is 10.1 Å². The molecule has 4 heteroatoms. The Hall–Kier alpha value is -1.97. The Labute approximate surface area is 101 Å². The van der Waals surface area contributed by atoms with E-state index in [1.165, 1.54) is 7.11 Å². The molecule has 1 N–H and O–H groups in total. The van der Waals surface area contributed by atoms with Crippen molar-refractivity contribution in [2.75, 3.05) is 7.11 Å². The maximum atomic E-state index is 11.8. The van der Waals surface area contributed by atoms with Crippen LogP contribution in [0.5, 0.6) is 0 Å². The summed E-state index contributed by atoms with van der Waals surface area (Å²) in [5.41, 5.74) is 0.774. The molecule has 0 aliphatic rings. The summed E-state index contributed by atoms with van der Waals surface area (Å²) >= 11 is 0. The van der Waals surface area contributed by atoms with Crippen LogP contribution in [0.15, 0.2) is 42.0 Å². The highest BCUT2D eigenvalue weighted by Crippen LogP contribution is 2.12. The van der Waals surface area contributed by atoms with E-state index in [1.807, 2.05) is 19.9 Å². The molecular formula is C13H16NO3. The highest BCUT2D eigenvalue weighted by molar-refractivity contribution is 5.95. The van der Waals surface area contributed by atoms with Crippen molar-refractivity contribution >= 4 is 5.91 Å². The van der Waals surface area contributed by atoms with E-state index in [9.17, 15) is 9.90 Å². The van der Waals surface area contributed by atoms with Crippen LogP contribution in [0.2, 0.25) is 0 Å². The van der Waals surface area contributed by atoms with Gasteiger partial charge in [0.25, 0.3) is 5.91 Å². The molecule has 0 bridgehead atoms. The van der Waals surface area contributed by atoms with Gasteiger partial charge in [-0.3, -0.25) is 4.79 Å². The molecule has 0 aliphatic heterocycles. The number of benzene rings is 1. The number of carbonyl (C=O) groups is 1. The van der Waals surface area contributed by atoms with Gasteiger partial charge < -0.3 is 10.1 Å². The summed E-state index contributed by atoms with van der Waals surface area (Å²) in [6, 6.07) is 8.73. The molecular weight excluding hydrogens is 218 g/mol. The van der Waals surface area contributed by atoms with Gasteiger partial charge in [0.2, 0.25) is 0 Å². The van der Waals surface area contributed by atoms with Gasteiger partial charge in [0.1, 0.15) is 5.70 Å². The Balaban J connectivity index is 2.87. The Bertz CT molecular complexity index is 410. The van der Waals surface area contributed by atoms with Crippen LogP contribution in [0.25, 0.3) is 0 Å². The number of carbonyl (C=O) groups excluding carboxylic acids is 1. The minimum Gasteiger partial charge on any atom is -0.465 e. The van der Waals surface area contributed by atoms with Crippen molar-refractivity contribution < 1.29 is 14.6 Å². The summed E-state index contributed by atoms with van der Waals surface area (Å²) in [7, 11) is 1.29. The zero-order valence-electron chi connectivity index (χ0n) is 10.2. The molecule has 0 saturated heterocycles. The predicted molar refractivity (Wildman–Crippen MR) is 63.5 cm³/mol. The number of rotatable bonds is 4. The van der Waals surface area contributed by atoms with Crippen molar-refractivity contribution in [3.8, 4) is 0 Å². The van der Waals surface area contributed by atoms with Gasteiger partial charge in [-0.1, -0.05) is 32.0 Å². The average Bonchev–Trinajstić information content (AvgIpc) is 2.35. The zero-order chi connectivity index (χ0) is 12.8. The van der Waals surface area contributed by atoms with Crippen LogP contribution in [-0.2, 0) is 9.84 Å². The molecule has 0 atom stereocenters. The van der Waals surface area contributed by atoms with E-state index in [0.29, 0.717) is 5.56 Å². The lowest BCUT2D eigenvalue weighted by Crippen LogP contribution is -2.27. The highest BCUT2D eigenvalue weighted by Gasteiger charge is 2.16. The van der Waals surface area contributed by atoms with E-state index in [4.69, 9.17) is 0 Å². The maximum absolute atomic E-state index is 11.8. The van der Waals surface area contributed by atoms with E-state index in [-0.39, 0.29) is 17.5 Å². The fourth-order valence-electron chi connectivity index (χ4n) is 1.33. The molecule has 1 amide bonds. The lowest BCUT2D eigenvalue weighted by atomic mass is 10.1. The van der Waals surface area contributed by atoms with Gasteiger partial charge in [0.15, 0.2) is 0 Å². The Morgan fingerprint density at radius 1 is 1.24 bits per heavy atom. The summed E-state index contributed by atoms with van der Waals surface area (Å²) < 4.78 is 4.62. The normalized spacial score (nSPS) is 12.0. The van der Waals surface area contributed by atoms with Crippen LogP contribution < -0.4 is 5.32 Å². The lowest BCUT2D eigenvalue weighted by Gasteiger charge is -2.13. The molecule has 0 saturated carbocycles. The smallest absolute Gasteiger partial charge is 0.350 e. The largest absolute Gasteiger partial charge is 0.465 e. The second-order valence-electron chi connectivity index (χ2n) is 3.88. The first-order chi connectivity index (χ1) is 8.06. The molecule has 91 valence electrons. The number of nitrogens with one attached hydrogen (secondary N) is 1. The molecule has 0 fully saturated rings. The predicted octanol–water partition coefficient (Wildman–Crippen LogP) is 2.32. The molecule has 0 aromatic heterocycles. The fourth-order valence-corrected chi connectivity index (χ4v) is 1.33. The molecule has 0 heterocycles. The lowest BCUT2D eigenvalue weighted by molar-refractivity contribution is 0.0729. The number of amides is 1. The van der Waals surface area contributed by atoms with Crippen LogP contribution in [0, 0.1) is 5.92 Å². The minimum atomic E-state index is -0.510. The van der Waals surface area contributed by atoms with E-state index < -0.39 is 5.95 Å². The quantitative estimate of drug-likeness (QED) is 0.813. The molecule has 1 radical (unpaired) electrons. The number of methoxy groups -OCH3 is 1. The Morgan fingerprint density at radius 3 is 2.29 bits per heavy atom. The molecule has 0 spiro atoms. The zero-order valence-corrected chi connectivity index (χ0v) is 10.2. The van der Waals surface area contributed by atoms with Crippen LogP contribution in [0.4, 0.5) is 0 Å². The van der Waals surface area contributed by atoms with Gasteiger partial charge in [-0.25, -0.2) is 5.11 Å². The molecule has 1 aromatic carbocycles.